The number of carboxylic acid groups (broad SMARTS) is 1. The van der Waals surface area contributed by atoms with Gasteiger partial charge in [-0.2, -0.15) is 0 Å². The highest BCUT2D eigenvalue weighted by Gasteiger charge is 2.24. The molecule has 0 aromatic heterocycles. The minimum Gasteiger partial charge on any atom is -0.496 e. The van der Waals surface area contributed by atoms with Crippen molar-refractivity contribution < 1.29 is 28.9 Å². The van der Waals surface area contributed by atoms with Crippen molar-refractivity contribution in [3.63, 3.8) is 0 Å². The largest absolute Gasteiger partial charge is 0.496 e. The van der Waals surface area contributed by atoms with Crippen molar-refractivity contribution in [2.45, 2.75) is 45.4 Å². The number of para-hydroxylation sites is 1. The lowest BCUT2D eigenvalue weighted by Gasteiger charge is -2.22. The highest BCUT2D eigenvalue weighted by Crippen LogP contribution is 2.23. The average Bonchev–Trinajstić information content (AvgIpc) is 2.65. The van der Waals surface area contributed by atoms with Crippen molar-refractivity contribution in [3.8, 4) is 11.5 Å². The first-order chi connectivity index (χ1) is 13.7. The van der Waals surface area contributed by atoms with E-state index in [0.717, 1.165) is 16.9 Å². The summed E-state index contributed by atoms with van der Waals surface area (Å²) in [5.41, 5.74) is 0.783. The molecule has 2 N–H and O–H groups in total. The zero-order valence-electron chi connectivity index (χ0n) is 17.1. The Labute approximate surface area is 170 Å². The second-order valence-electron chi connectivity index (χ2n) is 7.49. The summed E-state index contributed by atoms with van der Waals surface area (Å²) in [7, 11) is 1.56. The lowest BCUT2D eigenvalue weighted by atomic mass is 10.0. The van der Waals surface area contributed by atoms with Gasteiger partial charge in [-0.05, 0) is 50.6 Å². The molecular formula is C22H27NO6. The number of rotatable bonds is 8. The number of ether oxygens (including phenoxy) is 3. The topological polar surface area (TPSA) is 94.1 Å². The van der Waals surface area contributed by atoms with Gasteiger partial charge in [-0.3, -0.25) is 0 Å². The molecule has 0 heterocycles. The highest BCUT2D eigenvalue weighted by molar-refractivity contribution is 5.80. The number of hydrogen-bond donors (Lipinski definition) is 2. The summed E-state index contributed by atoms with van der Waals surface area (Å²) in [5.74, 6) is 0.209. The van der Waals surface area contributed by atoms with Crippen LogP contribution in [0.5, 0.6) is 11.5 Å². The van der Waals surface area contributed by atoms with Crippen LogP contribution in [0, 0.1) is 0 Å². The van der Waals surface area contributed by atoms with E-state index >= 15 is 0 Å². The quantitative estimate of drug-likeness (QED) is 0.699. The maximum Gasteiger partial charge on any atom is 0.408 e. The molecule has 1 amide bonds. The Morgan fingerprint density at radius 3 is 2.38 bits per heavy atom. The van der Waals surface area contributed by atoms with Gasteiger partial charge in [0, 0.05) is 12.0 Å². The van der Waals surface area contributed by atoms with E-state index in [1.807, 2.05) is 36.4 Å². The maximum atomic E-state index is 12.0. The maximum absolute atomic E-state index is 12.0. The third kappa shape index (κ3) is 7.37. The van der Waals surface area contributed by atoms with E-state index in [9.17, 15) is 14.7 Å². The van der Waals surface area contributed by atoms with Crippen molar-refractivity contribution >= 4 is 12.1 Å². The number of amides is 1. The van der Waals surface area contributed by atoms with E-state index < -0.39 is 23.7 Å². The fourth-order valence-electron chi connectivity index (χ4n) is 2.64. The molecule has 156 valence electrons. The predicted molar refractivity (Wildman–Crippen MR) is 108 cm³/mol. The zero-order chi connectivity index (χ0) is 21.4. The number of alkyl carbamates (subject to hydrolysis) is 1. The fourth-order valence-corrected chi connectivity index (χ4v) is 2.64. The Kier molecular flexibility index (Phi) is 7.47. The summed E-state index contributed by atoms with van der Waals surface area (Å²) in [4.78, 5) is 23.6. The van der Waals surface area contributed by atoms with Crippen LogP contribution in [0.1, 0.15) is 31.9 Å². The number of carbonyl (C=O) groups is 2. The number of benzene rings is 2. The average molecular weight is 401 g/mol. The van der Waals surface area contributed by atoms with Gasteiger partial charge in [0.1, 0.15) is 29.7 Å². The molecule has 2 rings (SSSR count). The Hall–Kier alpha value is -3.22. The highest BCUT2D eigenvalue weighted by atomic mass is 16.6. The summed E-state index contributed by atoms with van der Waals surface area (Å²) < 4.78 is 16.3. The number of nitrogens with one attached hydrogen (secondary N) is 1. The van der Waals surface area contributed by atoms with Crippen molar-refractivity contribution in [1.82, 2.24) is 5.32 Å². The first-order valence-corrected chi connectivity index (χ1v) is 9.24. The summed E-state index contributed by atoms with van der Waals surface area (Å²) in [6.07, 6.45) is -0.678. The van der Waals surface area contributed by atoms with Crippen LogP contribution in [0.25, 0.3) is 0 Å². The normalized spacial score (nSPS) is 12.0. The van der Waals surface area contributed by atoms with Gasteiger partial charge in [0.05, 0.1) is 7.11 Å². The molecule has 1 atom stereocenters. The van der Waals surface area contributed by atoms with E-state index in [0.29, 0.717) is 5.75 Å². The molecule has 29 heavy (non-hydrogen) atoms. The molecule has 0 aliphatic carbocycles. The van der Waals surface area contributed by atoms with Crippen LogP contribution >= 0.6 is 0 Å². The van der Waals surface area contributed by atoms with Crippen LogP contribution in [0.15, 0.2) is 48.5 Å². The van der Waals surface area contributed by atoms with E-state index in [4.69, 9.17) is 14.2 Å². The van der Waals surface area contributed by atoms with Gasteiger partial charge >= 0.3 is 12.1 Å². The fraction of sp³-hybridized carbons (Fsp3) is 0.364. The monoisotopic (exact) mass is 401 g/mol. The minimum atomic E-state index is -1.14. The van der Waals surface area contributed by atoms with Crippen LogP contribution in [-0.4, -0.2) is 35.9 Å². The molecule has 0 saturated heterocycles. The van der Waals surface area contributed by atoms with Crippen LogP contribution in [0.3, 0.4) is 0 Å². The van der Waals surface area contributed by atoms with Gasteiger partial charge in [-0.15, -0.1) is 0 Å². The number of hydrogen-bond acceptors (Lipinski definition) is 5. The van der Waals surface area contributed by atoms with Crippen molar-refractivity contribution in [2.24, 2.45) is 0 Å². The second-order valence-corrected chi connectivity index (χ2v) is 7.49. The van der Waals surface area contributed by atoms with Gasteiger partial charge in [-0.25, -0.2) is 9.59 Å². The van der Waals surface area contributed by atoms with Crippen LogP contribution in [0.4, 0.5) is 4.79 Å². The lowest BCUT2D eigenvalue weighted by Crippen LogP contribution is -2.44. The van der Waals surface area contributed by atoms with E-state index in [1.165, 1.54) is 0 Å². The zero-order valence-corrected chi connectivity index (χ0v) is 17.1. The Bertz CT molecular complexity index is 829. The number of carboxylic acids is 1. The second kappa shape index (κ2) is 9.82. The van der Waals surface area contributed by atoms with Crippen molar-refractivity contribution in [1.29, 1.82) is 0 Å². The van der Waals surface area contributed by atoms with Gasteiger partial charge in [0.2, 0.25) is 0 Å². The van der Waals surface area contributed by atoms with Gasteiger partial charge in [0.25, 0.3) is 0 Å². The molecule has 1 unspecified atom stereocenters. The van der Waals surface area contributed by atoms with Crippen molar-refractivity contribution in [3.05, 3.63) is 59.7 Å². The third-order valence-corrected chi connectivity index (χ3v) is 3.91. The standard InChI is InChI=1S/C22H27NO6/c1-22(2,3)29-21(26)23-18(20(24)25)13-15-10-11-19(27-4)16(12-15)14-28-17-8-6-5-7-9-17/h5-12,18H,13-14H2,1-4H3,(H,23,26)(H,24,25). The number of methoxy groups -OCH3 is 1. The molecule has 7 heteroatoms. The molecular weight excluding hydrogens is 374 g/mol. The Morgan fingerprint density at radius 1 is 1.10 bits per heavy atom. The first kappa shape index (κ1) is 22.1. The molecule has 0 radical (unpaired) electrons. The Balaban J connectivity index is 2.11. The summed E-state index contributed by atoms with van der Waals surface area (Å²) >= 11 is 0. The molecule has 0 aliphatic rings. The number of aliphatic carboxylic acids is 1. The molecule has 0 fully saturated rings. The van der Waals surface area contributed by atoms with E-state index in [-0.39, 0.29) is 13.0 Å². The van der Waals surface area contributed by atoms with Crippen LogP contribution in [0.2, 0.25) is 0 Å². The van der Waals surface area contributed by atoms with Crippen molar-refractivity contribution in [2.75, 3.05) is 7.11 Å². The molecule has 0 aliphatic heterocycles. The van der Waals surface area contributed by atoms with Crippen LogP contribution < -0.4 is 14.8 Å². The van der Waals surface area contributed by atoms with Crippen LogP contribution in [-0.2, 0) is 22.6 Å². The first-order valence-electron chi connectivity index (χ1n) is 9.24. The SMILES string of the molecule is COc1ccc(CC(NC(=O)OC(C)(C)C)C(=O)O)cc1COc1ccccc1. The molecule has 7 nitrogen and oxygen atoms in total. The number of carbonyl (C=O) groups excluding carboxylic acids is 1. The molecule has 2 aromatic carbocycles. The lowest BCUT2D eigenvalue weighted by molar-refractivity contribution is -0.139. The summed E-state index contributed by atoms with van der Waals surface area (Å²) in [6.45, 7) is 5.40. The van der Waals surface area contributed by atoms with E-state index in [1.54, 1.807) is 40.0 Å². The Morgan fingerprint density at radius 2 is 1.79 bits per heavy atom. The smallest absolute Gasteiger partial charge is 0.408 e. The molecule has 0 spiro atoms. The molecule has 0 saturated carbocycles. The predicted octanol–water partition coefficient (Wildman–Crippen LogP) is 3.79. The van der Waals surface area contributed by atoms with Gasteiger partial charge in [-0.1, -0.05) is 24.3 Å². The molecule has 2 aromatic rings. The summed E-state index contributed by atoms with van der Waals surface area (Å²) in [5, 5.41) is 11.9. The van der Waals surface area contributed by atoms with E-state index in [2.05, 4.69) is 5.32 Å². The minimum absolute atomic E-state index is 0.0942. The third-order valence-electron chi connectivity index (χ3n) is 3.91. The molecule has 0 bridgehead atoms. The van der Waals surface area contributed by atoms with Gasteiger partial charge < -0.3 is 24.6 Å². The summed E-state index contributed by atoms with van der Waals surface area (Å²) in [6, 6.07) is 13.6. The van der Waals surface area contributed by atoms with Gasteiger partial charge in [0.15, 0.2) is 0 Å².